The summed E-state index contributed by atoms with van der Waals surface area (Å²) in [5.41, 5.74) is 1.88. The lowest BCUT2D eigenvalue weighted by atomic mass is 9.76. The number of ether oxygens (including phenoxy) is 1. The molecule has 2 aliphatic carbocycles. The summed E-state index contributed by atoms with van der Waals surface area (Å²) >= 11 is 5.87. The van der Waals surface area contributed by atoms with Crippen LogP contribution in [0, 0.1) is 11.7 Å². The van der Waals surface area contributed by atoms with Crippen molar-refractivity contribution >= 4 is 29.3 Å². The fraction of sp³-hybridized carbons (Fsp3) is 0.533. The number of urea groups is 1. The van der Waals surface area contributed by atoms with Crippen LogP contribution in [0.4, 0.5) is 14.9 Å². The number of aliphatic carboxylic acids is 1. The van der Waals surface area contributed by atoms with E-state index >= 15 is 0 Å². The zero-order valence-corrected chi connectivity index (χ0v) is 24.3. The predicted molar refractivity (Wildman–Crippen MR) is 153 cm³/mol. The molecular weight excluding hydrogens is 521 g/mol. The third-order valence-corrected chi connectivity index (χ3v) is 7.79. The van der Waals surface area contributed by atoms with Crippen LogP contribution in [0.25, 0.3) is 0 Å². The van der Waals surface area contributed by atoms with Gasteiger partial charge in [0.15, 0.2) is 6.61 Å². The van der Waals surface area contributed by atoms with Crippen LogP contribution in [0.3, 0.4) is 0 Å². The van der Waals surface area contributed by atoms with Gasteiger partial charge in [-0.3, -0.25) is 4.90 Å². The number of carboxylic acids is 1. The molecule has 0 bridgehead atoms. The second kappa shape index (κ2) is 13.5. The lowest BCUT2D eigenvalue weighted by Gasteiger charge is -2.51. The maximum absolute atomic E-state index is 14.5. The van der Waals surface area contributed by atoms with Crippen molar-refractivity contribution in [2.24, 2.45) is 5.92 Å². The van der Waals surface area contributed by atoms with Gasteiger partial charge >= 0.3 is 12.0 Å². The highest BCUT2D eigenvalue weighted by Crippen LogP contribution is 2.43. The predicted octanol–water partition coefficient (Wildman–Crippen LogP) is 7.26. The molecule has 0 spiro atoms. The number of amides is 2. The Morgan fingerprint density at radius 2 is 1.90 bits per heavy atom. The Morgan fingerprint density at radius 1 is 1.21 bits per heavy atom. The quantitative estimate of drug-likeness (QED) is 0.280. The van der Waals surface area contributed by atoms with Gasteiger partial charge in [-0.25, -0.2) is 14.0 Å². The standard InChI is InChI=1S/C30H41ClFN3O4/c1-6-20(4)24-15-23(39-18-28(36)37)16-27(34-29(38)33-26-13-12-21(31)14-25(26)32)30(24,5)35(17-19(2)3)22-10-8-7-9-11-22/h12-16,19,22H,6-11,17-18H2,1-5H3,(H,36,37)(H2,33,34,38)/b24-20-. The van der Waals surface area contributed by atoms with Gasteiger partial charge in [0.25, 0.3) is 0 Å². The van der Waals surface area contributed by atoms with Gasteiger partial charge in [-0.2, -0.15) is 0 Å². The van der Waals surface area contributed by atoms with E-state index in [0.29, 0.717) is 23.4 Å². The number of nitrogens with one attached hydrogen (secondary N) is 2. The molecule has 7 nitrogen and oxygen atoms in total. The van der Waals surface area contributed by atoms with Gasteiger partial charge in [-0.1, -0.05) is 57.2 Å². The number of hydrogen-bond donors (Lipinski definition) is 3. The average molecular weight is 562 g/mol. The number of allylic oxidation sites excluding steroid dienone is 2. The minimum atomic E-state index is -1.09. The Morgan fingerprint density at radius 3 is 2.49 bits per heavy atom. The summed E-state index contributed by atoms with van der Waals surface area (Å²) in [6.45, 7) is 10.9. The average Bonchev–Trinajstić information content (AvgIpc) is 2.89. The van der Waals surface area contributed by atoms with Crippen LogP contribution in [0.15, 0.2) is 53.0 Å². The van der Waals surface area contributed by atoms with Crippen LogP contribution in [0.1, 0.15) is 73.1 Å². The van der Waals surface area contributed by atoms with Crippen molar-refractivity contribution in [2.75, 3.05) is 18.5 Å². The topological polar surface area (TPSA) is 90.9 Å². The maximum atomic E-state index is 14.5. The Bertz CT molecular complexity index is 1160. The van der Waals surface area contributed by atoms with Crippen LogP contribution in [0.5, 0.6) is 0 Å². The summed E-state index contributed by atoms with van der Waals surface area (Å²) in [7, 11) is 0. The molecule has 0 radical (unpaired) electrons. The van der Waals surface area contributed by atoms with Gasteiger partial charge < -0.3 is 20.5 Å². The van der Waals surface area contributed by atoms with Crippen LogP contribution >= 0.6 is 11.6 Å². The highest BCUT2D eigenvalue weighted by Gasteiger charge is 2.45. The van der Waals surface area contributed by atoms with Gasteiger partial charge in [-0.05, 0) is 68.9 Å². The van der Waals surface area contributed by atoms with Crippen molar-refractivity contribution in [3.63, 3.8) is 0 Å². The SMILES string of the molecule is CC/C(C)=C1/C=C(OCC(=O)O)C=C(NC(=O)Nc2ccc(Cl)cc2F)C1(C)N(CC(C)C)C1CCCCC1. The molecule has 39 heavy (non-hydrogen) atoms. The Balaban J connectivity index is 2.10. The number of anilines is 1. The normalized spacial score (nSPS) is 21.4. The van der Waals surface area contributed by atoms with E-state index in [4.69, 9.17) is 16.3 Å². The molecule has 3 rings (SSSR count). The first-order valence-electron chi connectivity index (χ1n) is 13.7. The number of hydrogen-bond acceptors (Lipinski definition) is 4. The van der Waals surface area contributed by atoms with Crippen LogP contribution in [0.2, 0.25) is 5.02 Å². The van der Waals surface area contributed by atoms with E-state index in [1.807, 2.05) is 6.08 Å². The Hall–Kier alpha value is -2.84. The number of nitrogens with zero attached hydrogens (tertiary/aromatic N) is 1. The van der Waals surface area contributed by atoms with Gasteiger partial charge in [0, 0.05) is 29.4 Å². The first kappa shape index (κ1) is 30.7. The molecule has 2 aliphatic rings. The summed E-state index contributed by atoms with van der Waals surface area (Å²) in [6, 6.07) is 3.74. The molecule has 0 aromatic heterocycles. The van der Waals surface area contributed by atoms with Crippen molar-refractivity contribution in [3.8, 4) is 0 Å². The first-order chi connectivity index (χ1) is 18.4. The minimum absolute atomic E-state index is 0.000253. The maximum Gasteiger partial charge on any atom is 0.341 e. The highest BCUT2D eigenvalue weighted by molar-refractivity contribution is 6.30. The molecular formula is C30H41ClFN3O4. The summed E-state index contributed by atoms with van der Waals surface area (Å²) in [5.74, 6) is -1.03. The summed E-state index contributed by atoms with van der Waals surface area (Å²) < 4.78 is 20.1. The van der Waals surface area contributed by atoms with E-state index in [2.05, 4.69) is 50.2 Å². The molecule has 1 aromatic rings. The second-order valence-corrected chi connectivity index (χ2v) is 11.4. The number of carbonyl (C=O) groups is 2. The molecule has 0 saturated heterocycles. The van der Waals surface area contributed by atoms with Crippen molar-refractivity contribution < 1.29 is 23.8 Å². The zero-order chi connectivity index (χ0) is 28.7. The van der Waals surface area contributed by atoms with E-state index in [-0.39, 0.29) is 10.7 Å². The molecule has 0 aliphatic heterocycles. The minimum Gasteiger partial charge on any atom is -0.482 e. The lowest BCUT2D eigenvalue weighted by Crippen LogP contribution is -2.59. The van der Waals surface area contributed by atoms with Gasteiger partial charge in [0.05, 0.1) is 11.2 Å². The van der Waals surface area contributed by atoms with E-state index in [1.54, 1.807) is 6.08 Å². The van der Waals surface area contributed by atoms with E-state index in [0.717, 1.165) is 55.9 Å². The lowest BCUT2D eigenvalue weighted by molar-refractivity contribution is -0.140. The van der Waals surface area contributed by atoms with Crippen molar-refractivity contribution in [3.05, 3.63) is 63.8 Å². The van der Waals surface area contributed by atoms with Crippen LogP contribution in [-0.4, -0.2) is 46.7 Å². The number of rotatable bonds is 10. The third kappa shape index (κ3) is 7.63. The van der Waals surface area contributed by atoms with Crippen LogP contribution < -0.4 is 10.6 Å². The highest BCUT2D eigenvalue weighted by atomic mass is 35.5. The van der Waals surface area contributed by atoms with E-state index in [9.17, 15) is 19.1 Å². The molecule has 1 atom stereocenters. The molecule has 214 valence electrons. The molecule has 3 N–H and O–H groups in total. The smallest absolute Gasteiger partial charge is 0.341 e. The number of carbonyl (C=O) groups excluding carboxylic acids is 1. The Kier molecular flexibility index (Phi) is 10.6. The second-order valence-electron chi connectivity index (χ2n) is 10.9. The van der Waals surface area contributed by atoms with Gasteiger partial charge in [0.2, 0.25) is 0 Å². The molecule has 1 saturated carbocycles. The molecule has 1 unspecified atom stereocenters. The first-order valence-corrected chi connectivity index (χ1v) is 14.1. The third-order valence-electron chi connectivity index (χ3n) is 7.55. The summed E-state index contributed by atoms with van der Waals surface area (Å²) in [4.78, 5) is 27.1. The summed E-state index contributed by atoms with van der Waals surface area (Å²) in [5, 5.41) is 15.0. The number of benzene rings is 1. The van der Waals surface area contributed by atoms with Crippen molar-refractivity contribution in [2.45, 2.75) is 84.7 Å². The van der Waals surface area contributed by atoms with Crippen LogP contribution in [-0.2, 0) is 9.53 Å². The molecule has 1 aromatic carbocycles. The summed E-state index contributed by atoms with van der Waals surface area (Å²) in [6.07, 6.45) is 9.99. The number of halogens is 2. The Labute approximate surface area is 236 Å². The molecule has 1 fully saturated rings. The van der Waals surface area contributed by atoms with Crippen molar-refractivity contribution in [1.29, 1.82) is 0 Å². The fourth-order valence-corrected chi connectivity index (χ4v) is 5.69. The van der Waals surface area contributed by atoms with Gasteiger partial charge in [0.1, 0.15) is 11.6 Å². The van der Waals surface area contributed by atoms with E-state index < -0.39 is 30.0 Å². The fourth-order valence-electron chi connectivity index (χ4n) is 5.53. The largest absolute Gasteiger partial charge is 0.482 e. The molecule has 9 heteroatoms. The zero-order valence-electron chi connectivity index (χ0n) is 23.6. The van der Waals surface area contributed by atoms with Crippen molar-refractivity contribution in [1.82, 2.24) is 10.2 Å². The van der Waals surface area contributed by atoms with Gasteiger partial charge in [-0.15, -0.1) is 0 Å². The van der Waals surface area contributed by atoms with E-state index in [1.165, 1.54) is 18.6 Å². The molecule has 0 heterocycles. The monoisotopic (exact) mass is 561 g/mol. The number of carboxylic acid groups (broad SMARTS) is 1. The molecule has 2 amide bonds.